The van der Waals surface area contributed by atoms with Gasteiger partial charge in [-0.05, 0) is 42.6 Å². The Hall–Kier alpha value is -0.0400. The average molecular weight is 211 g/mol. The Morgan fingerprint density at radius 1 is 1.07 bits per heavy atom. The third kappa shape index (κ3) is 4.55. The van der Waals surface area contributed by atoms with Crippen LogP contribution < -0.4 is 5.32 Å². The van der Waals surface area contributed by atoms with Gasteiger partial charge in [0.15, 0.2) is 0 Å². The summed E-state index contributed by atoms with van der Waals surface area (Å²) in [6, 6.07) is 0.623. The Morgan fingerprint density at radius 3 is 1.93 bits per heavy atom. The highest BCUT2D eigenvalue weighted by atomic mass is 14.9. The van der Waals surface area contributed by atoms with Gasteiger partial charge in [-0.2, -0.15) is 0 Å². The van der Waals surface area contributed by atoms with Crippen molar-refractivity contribution in [3.63, 3.8) is 0 Å². The maximum Gasteiger partial charge on any atom is 0.00104 e. The summed E-state index contributed by atoms with van der Waals surface area (Å²) in [4.78, 5) is 0. The van der Waals surface area contributed by atoms with Gasteiger partial charge in [0.2, 0.25) is 0 Å². The molecule has 1 aliphatic carbocycles. The predicted octanol–water partition coefficient (Wildman–Crippen LogP) is 3.84. The molecule has 0 spiro atoms. The molecule has 0 bridgehead atoms. The minimum Gasteiger partial charge on any atom is -0.314 e. The molecule has 0 aliphatic heterocycles. The zero-order chi connectivity index (χ0) is 11.7. The Morgan fingerprint density at radius 2 is 1.53 bits per heavy atom. The van der Waals surface area contributed by atoms with E-state index in [2.05, 4.69) is 46.9 Å². The van der Waals surface area contributed by atoms with Crippen LogP contribution in [-0.4, -0.2) is 12.6 Å². The van der Waals surface area contributed by atoms with Gasteiger partial charge in [-0.1, -0.05) is 41.5 Å². The summed E-state index contributed by atoms with van der Waals surface area (Å²) in [5, 5.41) is 3.59. The highest BCUT2D eigenvalue weighted by Gasteiger charge is 2.37. The molecule has 0 aromatic carbocycles. The fraction of sp³-hybridized carbons (Fsp3) is 1.00. The maximum absolute atomic E-state index is 3.59. The van der Waals surface area contributed by atoms with E-state index in [1.54, 1.807) is 0 Å². The molecular formula is C14H29N. The standard InChI is InChI=1S/C14H29N/c1-11(2)15-9-12-7-13(3,4)10-14(5,6)8-12/h11-12,15H,7-10H2,1-6H3. The average Bonchev–Trinajstić information content (AvgIpc) is 1.94. The first-order valence-corrected chi connectivity index (χ1v) is 6.44. The first-order chi connectivity index (χ1) is 6.70. The van der Waals surface area contributed by atoms with Crippen molar-refractivity contribution in [1.82, 2.24) is 5.32 Å². The summed E-state index contributed by atoms with van der Waals surface area (Å²) in [6.07, 6.45) is 4.14. The molecule has 0 saturated heterocycles. The van der Waals surface area contributed by atoms with Crippen molar-refractivity contribution in [2.45, 2.75) is 66.8 Å². The topological polar surface area (TPSA) is 12.0 Å². The van der Waals surface area contributed by atoms with E-state index < -0.39 is 0 Å². The van der Waals surface area contributed by atoms with Gasteiger partial charge in [0.25, 0.3) is 0 Å². The van der Waals surface area contributed by atoms with E-state index in [4.69, 9.17) is 0 Å². The van der Waals surface area contributed by atoms with Gasteiger partial charge in [-0.3, -0.25) is 0 Å². The van der Waals surface area contributed by atoms with E-state index in [1.807, 2.05) is 0 Å². The second-order valence-corrected chi connectivity index (χ2v) is 7.34. The molecule has 15 heavy (non-hydrogen) atoms. The van der Waals surface area contributed by atoms with Crippen molar-refractivity contribution in [2.75, 3.05) is 6.54 Å². The van der Waals surface area contributed by atoms with E-state index in [9.17, 15) is 0 Å². The second kappa shape index (κ2) is 4.45. The molecule has 1 aliphatic rings. The smallest absolute Gasteiger partial charge is 0.00104 e. The minimum absolute atomic E-state index is 0.533. The number of hydrogen-bond donors (Lipinski definition) is 1. The van der Waals surface area contributed by atoms with E-state index in [0.29, 0.717) is 16.9 Å². The van der Waals surface area contributed by atoms with E-state index in [1.165, 1.54) is 25.8 Å². The van der Waals surface area contributed by atoms with E-state index >= 15 is 0 Å². The van der Waals surface area contributed by atoms with Crippen LogP contribution in [0.15, 0.2) is 0 Å². The maximum atomic E-state index is 3.59. The molecule has 1 rings (SSSR count). The number of nitrogens with one attached hydrogen (secondary N) is 1. The van der Waals surface area contributed by atoms with Crippen LogP contribution in [-0.2, 0) is 0 Å². The van der Waals surface area contributed by atoms with Gasteiger partial charge in [0.05, 0.1) is 0 Å². The largest absolute Gasteiger partial charge is 0.314 e. The van der Waals surface area contributed by atoms with Crippen LogP contribution in [0.25, 0.3) is 0 Å². The highest BCUT2D eigenvalue weighted by molar-refractivity contribution is 4.89. The SMILES string of the molecule is CC(C)NCC1CC(C)(C)CC(C)(C)C1. The molecular weight excluding hydrogens is 182 g/mol. The van der Waals surface area contributed by atoms with Crippen molar-refractivity contribution in [3.8, 4) is 0 Å². The second-order valence-electron chi connectivity index (χ2n) is 7.34. The summed E-state index contributed by atoms with van der Waals surface area (Å²) < 4.78 is 0. The molecule has 0 radical (unpaired) electrons. The molecule has 90 valence electrons. The molecule has 0 aromatic rings. The lowest BCUT2D eigenvalue weighted by atomic mass is 9.61. The first-order valence-electron chi connectivity index (χ1n) is 6.44. The lowest BCUT2D eigenvalue weighted by Crippen LogP contribution is -2.39. The van der Waals surface area contributed by atoms with Crippen LogP contribution in [0.2, 0.25) is 0 Å². The fourth-order valence-corrected chi connectivity index (χ4v) is 3.62. The van der Waals surface area contributed by atoms with Crippen molar-refractivity contribution in [1.29, 1.82) is 0 Å². The van der Waals surface area contributed by atoms with Crippen molar-refractivity contribution in [3.05, 3.63) is 0 Å². The molecule has 0 heterocycles. The van der Waals surface area contributed by atoms with Crippen LogP contribution in [0, 0.1) is 16.7 Å². The molecule has 1 nitrogen and oxygen atoms in total. The molecule has 0 atom stereocenters. The van der Waals surface area contributed by atoms with E-state index in [-0.39, 0.29) is 0 Å². The Labute approximate surface area is 96.0 Å². The normalized spacial score (nSPS) is 25.8. The third-order valence-corrected chi connectivity index (χ3v) is 3.45. The van der Waals surface area contributed by atoms with E-state index in [0.717, 1.165) is 5.92 Å². The summed E-state index contributed by atoms with van der Waals surface area (Å²) in [6.45, 7) is 15.4. The van der Waals surface area contributed by atoms with Crippen LogP contribution in [0.1, 0.15) is 60.8 Å². The zero-order valence-electron chi connectivity index (χ0n) is 11.5. The Bertz CT molecular complexity index is 187. The third-order valence-electron chi connectivity index (χ3n) is 3.45. The highest BCUT2D eigenvalue weighted by Crippen LogP contribution is 2.47. The van der Waals surface area contributed by atoms with Crippen LogP contribution in [0.5, 0.6) is 0 Å². The summed E-state index contributed by atoms with van der Waals surface area (Å²) in [5.41, 5.74) is 1.07. The predicted molar refractivity (Wildman–Crippen MR) is 68.0 cm³/mol. The van der Waals surface area contributed by atoms with Crippen molar-refractivity contribution in [2.24, 2.45) is 16.7 Å². The quantitative estimate of drug-likeness (QED) is 0.748. The summed E-state index contributed by atoms with van der Waals surface area (Å²) in [7, 11) is 0. The molecule has 1 fully saturated rings. The van der Waals surface area contributed by atoms with Crippen molar-refractivity contribution < 1.29 is 0 Å². The van der Waals surface area contributed by atoms with Gasteiger partial charge in [0.1, 0.15) is 0 Å². The molecule has 0 unspecified atom stereocenters. The van der Waals surface area contributed by atoms with Gasteiger partial charge < -0.3 is 5.32 Å². The number of hydrogen-bond acceptors (Lipinski definition) is 1. The van der Waals surface area contributed by atoms with Crippen LogP contribution in [0.4, 0.5) is 0 Å². The van der Waals surface area contributed by atoms with Crippen molar-refractivity contribution >= 4 is 0 Å². The van der Waals surface area contributed by atoms with Gasteiger partial charge >= 0.3 is 0 Å². The van der Waals surface area contributed by atoms with Gasteiger partial charge in [-0.25, -0.2) is 0 Å². The minimum atomic E-state index is 0.533. The fourth-order valence-electron chi connectivity index (χ4n) is 3.62. The molecule has 0 amide bonds. The molecule has 1 heteroatoms. The first kappa shape index (κ1) is 13.0. The Balaban J connectivity index is 2.52. The van der Waals surface area contributed by atoms with Crippen LogP contribution in [0.3, 0.4) is 0 Å². The van der Waals surface area contributed by atoms with Gasteiger partial charge in [0, 0.05) is 6.04 Å². The summed E-state index contributed by atoms with van der Waals surface area (Å²) >= 11 is 0. The Kier molecular flexibility index (Phi) is 3.86. The monoisotopic (exact) mass is 211 g/mol. The molecule has 1 saturated carbocycles. The summed E-state index contributed by atoms with van der Waals surface area (Å²) in [5.74, 6) is 0.867. The lowest BCUT2D eigenvalue weighted by Gasteiger charge is -2.45. The molecule has 1 N–H and O–H groups in total. The molecule has 0 aromatic heterocycles. The number of rotatable bonds is 3. The zero-order valence-corrected chi connectivity index (χ0v) is 11.5. The van der Waals surface area contributed by atoms with Crippen LogP contribution >= 0.6 is 0 Å². The lowest BCUT2D eigenvalue weighted by molar-refractivity contribution is 0.0666. The van der Waals surface area contributed by atoms with Gasteiger partial charge in [-0.15, -0.1) is 0 Å².